The second kappa shape index (κ2) is 7.95. The summed E-state index contributed by atoms with van der Waals surface area (Å²) in [6.07, 6.45) is 0.500. The van der Waals surface area contributed by atoms with E-state index >= 15 is 0 Å². The number of ether oxygens (including phenoxy) is 1. The van der Waals surface area contributed by atoms with Gasteiger partial charge in [0.15, 0.2) is 0 Å². The van der Waals surface area contributed by atoms with E-state index in [9.17, 15) is 8.42 Å². The van der Waals surface area contributed by atoms with E-state index in [0.29, 0.717) is 12.0 Å². The zero-order valence-electron chi connectivity index (χ0n) is 17.2. The van der Waals surface area contributed by atoms with Crippen LogP contribution in [0.25, 0.3) is 0 Å². The molecule has 0 bridgehead atoms. The molecule has 0 aliphatic carbocycles. The van der Waals surface area contributed by atoms with Crippen LogP contribution in [0.15, 0.2) is 82.8 Å². The first-order chi connectivity index (χ1) is 14.4. The highest BCUT2D eigenvalue weighted by Crippen LogP contribution is 2.38. The maximum absolute atomic E-state index is 13.6. The summed E-state index contributed by atoms with van der Waals surface area (Å²) in [6, 6.07) is 22.1. The Hall–Kier alpha value is -3.12. The van der Waals surface area contributed by atoms with Gasteiger partial charge in [-0.2, -0.15) is 17.9 Å². The molecule has 0 fully saturated rings. The minimum absolute atomic E-state index is 0.275. The molecule has 1 heterocycles. The van der Waals surface area contributed by atoms with E-state index in [2.05, 4.69) is 5.10 Å². The van der Waals surface area contributed by atoms with Crippen LogP contribution in [-0.4, -0.2) is 25.7 Å². The SMILES string of the molecule is COc1ccc([C@H]2CC(c3ccc(C)cc3)=NN2S(=O)(=O)c2ccccc2C)cc1. The lowest BCUT2D eigenvalue weighted by molar-refractivity contribution is 0.370. The smallest absolute Gasteiger partial charge is 0.279 e. The van der Waals surface area contributed by atoms with E-state index in [0.717, 1.165) is 28.2 Å². The van der Waals surface area contributed by atoms with Gasteiger partial charge >= 0.3 is 0 Å². The fourth-order valence-corrected chi connectivity index (χ4v) is 5.32. The van der Waals surface area contributed by atoms with Gasteiger partial charge in [0.05, 0.1) is 23.8 Å². The van der Waals surface area contributed by atoms with Crippen molar-refractivity contribution in [1.29, 1.82) is 0 Å². The van der Waals surface area contributed by atoms with E-state index < -0.39 is 16.1 Å². The van der Waals surface area contributed by atoms with Crippen LogP contribution in [-0.2, 0) is 10.0 Å². The van der Waals surface area contributed by atoms with Crippen LogP contribution in [0, 0.1) is 13.8 Å². The monoisotopic (exact) mass is 420 g/mol. The number of benzene rings is 3. The highest BCUT2D eigenvalue weighted by atomic mass is 32.2. The molecule has 0 saturated heterocycles. The summed E-state index contributed by atoms with van der Waals surface area (Å²) in [5.41, 5.74) is 4.41. The van der Waals surface area contributed by atoms with Crippen molar-refractivity contribution >= 4 is 15.7 Å². The second-order valence-electron chi connectivity index (χ2n) is 7.45. The van der Waals surface area contributed by atoms with Gasteiger partial charge in [0.1, 0.15) is 5.75 Å². The van der Waals surface area contributed by atoms with Gasteiger partial charge in [-0.05, 0) is 48.7 Å². The van der Waals surface area contributed by atoms with Gasteiger partial charge < -0.3 is 4.74 Å². The normalized spacial score (nSPS) is 16.4. The predicted octanol–water partition coefficient (Wildman–Crippen LogP) is 4.85. The van der Waals surface area contributed by atoms with E-state index in [4.69, 9.17) is 4.74 Å². The lowest BCUT2D eigenvalue weighted by Gasteiger charge is -2.24. The third-order valence-electron chi connectivity index (χ3n) is 5.38. The van der Waals surface area contributed by atoms with Crippen LogP contribution in [0.4, 0.5) is 0 Å². The predicted molar refractivity (Wildman–Crippen MR) is 118 cm³/mol. The number of hydrazone groups is 1. The molecule has 0 spiro atoms. The summed E-state index contributed by atoms with van der Waals surface area (Å²) in [7, 11) is -2.21. The maximum Gasteiger partial charge on any atom is 0.279 e. The summed E-state index contributed by atoms with van der Waals surface area (Å²) in [4.78, 5) is 0.275. The van der Waals surface area contributed by atoms with Gasteiger partial charge in [0.2, 0.25) is 0 Å². The lowest BCUT2D eigenvalue weighted by atomic mass is 9.98. The van der Waals surface area contributed by atoms with Crippen LogP contribution in [0.1, 0.15) is 34.7 Å². The van der Waals surface area contributed by atoms with Crippen molar-refractivity contribution in [2.75, 3.05) is 7.11 Å². The summed E-state index contributed by atoms with van der Waals surface area (Å²) in [6.45, 7) is 3.82. The molecule has 5 nitrogen and oxygen atoms in total. The molecule has 0 unspecified atom stereocenters. The van der Waals surface area contributed by atoms with Crippen molar-refractivity contribution in [3.8, 4) is 5.75 Å². The Bertz CT molecular complexity index is 1180. The van der Waals surface area contributed by atoms with Gasteiger partial charge in [0.25, 0.3) is 10.0 Å². The Labute approximate surface area is 177 Å². The van der Waals surface area contributed by atoms with Gasteiger partial charge in [-0.1, -0.05) is 60.2 Å². The molecular weight excluding hydrogens is 396 g/mol. The first-order valence-corrected chi connectivity index (χ1v) is 11.2. The van der Waals surface area contributed by atoms with Crippen LogP contribution in [0.2, 0.25) is 0 Å². The van der Waals surface area contributed by atoms with Crippen LogP contribution >= 0.6 is 0 Å². The first kappa shape index (κ1) is 20.2. The molecule has 0 N–H and O–H groups in total. The van der Waals surface area contributed by atoms with Crippen LogP contribution in [0.5, 0.6) is 5.75 Å². The van der Waals surface area contributed by atoms with Crippen molar-refractivity contribution in [2.24, 2.45) is 5.10 Å². The van der Waals surface area contributed by atoms with Gasteiger partial charge in [-0.15, -0.1) is 0 Å². The van der Waals surface area contributed by atoms with E-state index in [1.807, 2.05) is 61.5 Å². The average Bonchev–Trinajstić information content (AvgIpc) is 3.21. The Kier molecular flexibility index (Phi) is 5.35. The molecule has 1 atom stereocenters. The van der Waals surface area contributed by atoms with Crippen LogP contribution in [0.3, 0.4) is 0 Å². The molecule has 6 heteroatoms. The zero-order valence-corrected chi connectivity index (χ0v) is 18.1. The molecule has 0 aromatic heterocycles. The number of rotatable bonds is 5. The fraction of sp³-hybridized carbons (Fsp3) is 0.208. The Balaban J connectivity index is 1.80. The molecule has 3 aromatic carbocycles. The second-order valence-corrected chi connectivity index (χ2v) is 9.21. The van der Waals surface area contributed by atoms with Crippen molar-refractivity contribution in [2.45, 2.75) is 31.2 Å². The summed E-state index contributed by atoms with van der Waals surface area (Å²) >= 11 is 0. The van der Waals surface area contributed by atoms with Crippen molar-refractivity contribution in [3.63, 3.8) is 0 Å². The molecule has 0 saturated carbocycles. The van der Waals surface area contributed by atoms with E-state index in [1.54, 1.807) is 32.2 Å². The summed E-state index contributed by atoms with van der Waals surface area (Å²) in [5.74, 6) is 0.727. The lowest BCUT2D eigenvalue weighted by Crippen LogP contribution is -2.27. The number of aryl methyl sites for hydroxylation is 2. The Morgan fingerprint density at radius 2 is 1.60 bits per heavy atom. The molecule has 1 aliphatic rings. The van der Waals surface area contributed by atoms with Crippen molar-refractivity contribution in [1.82, 2.24) is 4.41 Å². The minimum Gasteiger partial charge on any atom is -0.497 e. The standard InChI is InChI=1S/C24H24N2O3S/c1-17-8-10-19(11-9-17)22-16-23(20-12-14-21(29-3)15-13-20)26(25-22)30(27,28)24-7-5-4-6-18(24)2/h4-15,23H,16H2,1-3H3/t23-/m1/s1. The average molecular weight is 421 g/mol. The molecule has 30 heavy (non-hydrogen) atoms. The topological polar surface area (TPSA) is 59.0 Å². The highest BCUT2D eigenvalue weighted by Gasteiger charge is 2.38. The quantitative estimate of drug-likeness (QED) is 0.593. The zero-order chi connectivity index (χ0) is 21.3. The van der Waals surface area contributed by atoms with Crippen molar-refractivity contribution < 1.29 is 13.2 Å². The molecular formula is C24H24N2O3S. The number of hydrogen-bond donors (Lipinski definition) is 0. The molecule has 3 aromatic rings. The third-order valence-corrected chi connectivity index (χ3v) is 7.22. The van der Waals surface area contributed by atoms with Gasteiger partial charge in [0, 0.05) is 6.42 Å². The van der Waals surface area contributed by atoms with E-state index in [1.165, 1.54) is 4.41 Å². The van der Waals surface area contributed by atoms with Crippen LogP contribution < -0.4 is 4.74 Å². The van der Waals surface area contributed by atoms with Gasteiger partial charge in [-0.3, -0.25) is 0 Å². The largest absolute Gasteiger partial charge is 0.497 e. The number of hydrogen-bond acceptors (Lipinski definition) is 4. The Morgan fingerprint density at radius 3 is 2.23 bits per heavy atom. The number of methoxy groups -OCH3 is 1. The van der Waals surface area contributed by atoms with Crippen molar-refractivity contribution in [3.05, 3.63) is 95.1 Å². The molecule has 4 rings (SSSR count). The maximum atomic E-state index is 13.6. The molecule has 154 valence electrons. The fourth-order valence-electron chi connectivity index (χ4n) is 3.65. The molecule has 1 aliphatic heterocycles. The van der Waals surface area contributed by atoms with Gasteiger partial charge in [-0.25, -0.2) is 0 Å². The third kappa shape index (κ3) is 3.71. The number of sulfonamides is 1. The van der Waals surface area contributed by atoms with E-state index in [-0.39, 0.29) is 4.90 Å². The summed E-state index contributed by atoms with van der Waals surface area (Å²) in [5, 5.41) is 4.61. The number of nitrogens with zero attached hydrogens (tertiary/aromatic N) is 2. The first-order valence-electron chi connectivity index (χ1n) is 9.78. The highest BCUT2D eigenvalue weighted by molar-refractivity contribution is 7.89. The Morgan fingerprint density at radius 1 is 0.933 bits per heavy atom. The molecule has 0 radical (unpaired) electrons. The molecule has 0 amide bonds. The minimum atomic E-state index is -3.82. The summed E-state index contributed by atoms with van der Waals surface area (Å²) < 4.78 is 33.7.